The minimum absolute atomic E-state index is 0.0110. The van der Waals surface area contributed by atoms with Gasteiger partial charge in [-0.1, -0.05) is 18.2 Å². The first-order valence-corrected chi connectivity index (χ1v) is 10.7. The Balaban J connectivity index is 1.54. The third-order valence-electron chi connectivity index (χ3n) is 5.47. The number of methoxy groups -OCH3 is 3. The van der Waals surface area contributed by atoms with Crippen molar-refractivity contribution in [2.24, 2.45) is 0 Å². The van der Waals surface area contributed by atoms with Crippen LogP contribution >= 0.6 is 0 Å². The van der Waals surface area contributed by atoms with Crippen LogP contribution in [0.3, 0.4) is 0 Å². The van der Waals surface area contributed by atoms with E-state index >= 15 is 0 Å². The molecule has 0 saturated carbocycles. The van der Waals surface area contributed by atoms with Gasteiger partial charge in [-0.2, -0.15) is 5.26 Å². The fraction of sp³-hybridized carbons (Fsp3) is 0.360. The van der Waals surface area contributed by atoms with Crippen LogP contribution in [0.15, 0.2) is 42.5 Å². The van der Waals surface area contributed by atoms with Crippen molar-refractivity contribution in [2.45, 2.75) is 6.54 Å². The molecule has 0 spiro atoms. The van der Waals surface area contributed by atoms with Crippen molar-refractivity contribution < 1.29 is 23.7 Å². The highest BCUT2D eigenvalue weighted by Gasteiger charge is 2.22. The molecule has 0 bridgehead atoms. The standard InChI is InChI=1S/C25H29N3O5/c1-30-22-10-7-20(24(31-2)25(22)32-3)18-27-13-15-28(16-14-27)23(29)11-6-19-4-8-21(9-5-19)33-17-12-26/h4-11H,13-18H2,1-3H3/b11-6+. The van der Waals surface area contributed by atoms with Gasteiger partial charge in [-0.3, -0.25) is 9.69 Å². The van der Waals surface area contributed by atoms with Crippen LogP contribution in [0.4, 0.5) is 0 Å². The van der Waals surface area contributed by atoms with Gasteiger partial charge in [-0.25, -0.2) is 0 Å². The summed E-state index contributed by atoms with van der Waals surface area (Å²) in [6.45, 7) is 3.55. The summed E-state index contributed by atoms with van der Waals surface area (Å²) < 4.78 is 21.6. The monoisotopic (exact) mass is 451 g/mol. The molecule has 2 aromatic rings. The molecule has 1 aliphatic rings. The molecule has 1 heterocycles. The normalized spacial score (nSPS) is 14.1. The molecule has 0 aromatic heterocycles. The Kier molecular flexibility index (Phi) is 8.56. The van der Waals surface area contributed by atoms with Crippen molar-refractivity contribution in [3.63, 3.8) is 0 Å². The van der Waals surface area contributed by atoms with Gasteiger partial charge < -0.3 is 23.8 Å². The predicted octanol–water partition coefficient (Wildman–Crippen LogP) is 2.97. The van der Waals surface area contributed by atoms with Crippen LogP contribution in [0.25, 0.3) is 6.08 Å². The van der Waals surface area contributed by atoms with Crippen molar-refractivity contribution in [2.75, 3.05) is 54.1 Å². The zero-order valence-corrected chi connectivity index (χ0v) is 19.2. The van der Waals surface area contributed by atoms with Crippen molar-refractivity contribution in [3.05, 3.63) is 53.6 Å². The number of benzene rings is 2. The maximum absolute atomic E-state index is 12.6. The van der Waals surface area contributed by atoms with E-state index in [9.17, 15) is 4.79 Å². The van der Waals surface area contributed by atoms with Crippen LogP contribution < -0.4 is 18.9 Å². The van der Waals surface area contributed by atoms with Crippen LogP contribution in [0, 0.1) is 11.3 Å². The first-order valence-electron chi connectivity index (χ1n) is 10.7. The Morgan fingerprint density at radius 1 is 0.970 bits per heavy atom. The number of nitriles is 1. The summed E-state index contributed by atoms with van der Waals surface area (Å²) in [5.74, 6) is 2.50. The van der Waals surface area contributed by atoms with Gasteiger partial charge in [0, 0.05) is 44.4 Å². The second-order valence-electron chi connectivity index (χ2n) is 7.44. The summed E-state index contributed by atoms with van der Waals surface area (Å²) in [6.07, 6.45) is 3.38. The molecule has 33 heavy (non-hydrogen) atoms. The number of hydrogen-bond acceptors (Lipinski definition) is 7. The summed E-state index contributed by atoms with van der Waals surface area (Å²) in [7, 11) is 4.82. The van der Waals surface area contributed by atoms with Crippen molar-refractivity contribution in [1.82, 2.24) is 9.80 Å². The lowest BCUT2D eigenvalue weighted by Crippen LogP contribution is -2.47. The maximum Gasteiger partial charge on any atom is 0.246 e. The summed E-state index contributed by atoms with van der Waals surface area (Å²) in [5, 5.41) is 8.56. The lowest BCUT2D eigenvalue weighted by molar-refractivity contribution is -0.127. The van der Waals surface area contributed by atoms with E-state index in [0.29, 0.717) is 42.6 Å². The second-order valence-corrected chi connectivity index (χ2v) is 7.44. The maximum atomic E-state index is 12.6. The van der Waals surface area contributed by atoms with Crippen LogP contribution in [-0.2, 0) is 11.3 Å². The molecule has 1 amide bonds. The second kappa shape index (κ2) is 11.8. The number of carbonyl (C=O) groups excluding carboxylic acids is 1. The third kappa shape index (κ3) is 6.18. The predicted molar refractivity (Wildman–Crippen MR) is 125 cm³/mol. The lowest BCUT2D eigenvalue weighted by Gasteiger charge is -2.34. The minimum atomic E-state index is -0.0110. The average molecular weight is 452 g/mol. The Labute approximate surface area is 194 Å². The van der Waals surface area contributed by atoms with Crippen LogP contribution in [0.2, 0.25) is 0 Å². The van der Waals surface area contributed by atoms with Gasteiger partial charge in [-0.05, 0) is 29.8 Å². The molecule has 0 unspecified atom stereocenters. The van der Waals surface area contributed by atoms with E-state index in [1.165, 1.54) is 0 Å². The molecule has 0 radical (unpaired) electrons. The van der Waals surface area contributed by atoms with Gasteiger partial charge in [0.2, 0.25) is 11.7 Å². The Morgan fingerprint density at radius 2 is 1.67 bits per heavy atom. The largest absolute Gasteiger partial charge is 0.493 e. The zero-order chi connectivity index (χ0) is 23.6. The van der Waals surface area contributed by atoms with E-state index in [2.05, 4.69) is 4.90 Å². The molecule has 8 nitrogen and oxygen atoms in total. The molecule has 2 aromatic carbocycles. The summed E-state index contributed by atoms with van der Waals surface area (Å²) in [4.78, 5) is 16.7. The molecule has 0 aliphatic carbocycles. The highest BCUT2D eigenvalue weighted by molar-refractivity contribution is 5.91. The molecule has 1 fully saturated rings. The minimum Gasteiger partial charge on any atom is -0.493 e. The highest BCUT2D eigenvalue weighted by Crippen LogP contribution is 2.40. The molecule has 8 heteroatoms. The molecule has 0 N–H and O–H groups in total. The van der Waals surface area contributed by atoms with E-state index in [-0.39, 0.29) is 12.5 Å². The fourth-order valence-electron chi connectivity index (χ4n) is 3.72. The van der Waals surface area contributed by atoms with Gasteiger partial charge in [0.1, 0.15) is 11.8 Å². The van der Waals surface area contributed by atoms with E-state index in [0.717, 1.165) is 24.2 Å². The molecular formula is C25H29N3O5. The first kappa shape index (κ1) is 24.0. The zero-order valence-electron chi connectivity index (χ0n) is 19.2. The van der Waals surface area contributed by atoms with Crippen molar-refractivity contribution in [3.8, 4) is 29.1 Å². The third-order valence-corrected chi connectivity index (χ3v) is 5.47. The van der Waals surface area contributed by atoms with Crippen molar-refractivity contribution in [1.29, 1.82) is 5.26 Å². The van der Waals surface area contributed by atoms with Crippen LogP contribution in [0.5, 0.6) is 23.0 Å². The quantitative estimate of drug-likeness (QED) is 0.542. The van der Waals surface area contributed by atoms with E-state index in [1.807, 2.05) is 35.2 Å². The number of nitrogens with zero attached hydrogens (tertiary/aromatic N) is 3. The smallest absolute Gasteiger partial charge is 0.246 e. The summed E-state index contributed by atoms with van der Waals surface area (Å²) >= 11 is 0. The number of piperazine rings is 1. The van der Waals surface area contributed by atoms with E-state index in [1.54, 1.807) is 45.6 Å². The SMILES string of the molecule is COc1ccc(CN2CCN(C(=O)/C=C/c3ccc(OCC#N)cc3)CC2)c(OC)c1OC. The van der Waals surface area contributed by atoms with E-state index in [4.69, 9.17) is 24.2 Å². The fourth-order valence-corrected chi connectivity index (χ4v) is 3.72. The number of carbonyl (C=O) groups is 1. The summed E-state index contributed by atoms with van der Waals surface area (Å²) in [5.41, 5.74) is 1.91. The van der Waals surface area contributed by atoms with Crippen molar-refractivity contribution >= 4 is 12.0 Å². The topological polar surface area (TPSA) is 84.3 Å². The molecule has 1 saturated heterocycles. The van der Waals surface area contributed by atoms with Crippen LogP contribution in [0.1, 0.15) is 11.1 Å². The highest BCUT2D eigenvalue weighted by atomic mass is 16.5. The molecule has 174 valence electrons. The van der Waals surface area contributed by atoms with Gasteiger partial charge >= 0.3 is 0 Å². The summed E-state index contributed by atoms with van der Waals surface area (Å²) in [6, 6.07) is 13.1. The van der Waals surface area contributed by atoms with E-state index < -0.39 is 0 Å². The van der Waals surface area contributed by atoms with Gasteiger partial charge in [-0.15, -0.1) is 0 Å². The average Bonchev–Trinajstić information content (AvgIpc) is 2.86. The molecule has 0 atom stereocenters. The molecule has 3 rings (SSSR count). The Bertz CT molecular complexity index is 1010. The number of amides is 1. The van der Waals surface area contributed by atoms with Gasteiger partial charge in [0.15, 0.2) is 18.1 Å². The Morgan fingerprint density at radius 3 is 2.27 bits per heavy atom. The molecule has 1 aliphatic heterocycles. The van der Waals surface area contributed by atoms with Gasteiger partial charge in [0.25, 0.3) is 0 Å². The Hall–Kier alpha value is -3.70. The number of ether oxygens (including phenoxy) is 4. The van der Waals surface area contributed by atoms with Crippen LogP contribution in [-0.4, -0.2) is 69.8 Å². The van der Waals surface area contributed by atoms with Gasteiger partial charge in [0.05, 0.1) is 21.3 Å². The number of hydrogen-bond donors (Lipinski definition) is 0. The lowest BCUT2D eigenvalue weighted by atomic mass is 10.1. The molecular weight excluding hydrogens is 422 g/mol. The first-order chi connectivity index (χ1) is 16.1. The number of rotatable bonds is 9.